The molecule has 0 radical (unpaired) electrons. The van der Waals surface area contributed by atoms with Crippen molar-refractivity contribution in [1.82, 2.24) is 24.6 Å². The molecule has 2 aromatic carbocycles. The highest BCUT2D eigenvalue weighted by Gasteiger charge is 2.27. The smallest absolute Gasteiger partial charge is 0.289 e. The summed E-state index contributed by atoms with van der Waals surface area (Å²) in [6.45, 7) is 6.42. The van der Waals surface area contributed by atoms with E-state index in [1.807, 2.05) is 84.1 Å². The van der Waals surface area contributed by atoms with Crippen molar-refractivity contribution in [2.24, 2.45) is 0 Å². The van der Waals surface area contributed by atoms with Crippen LogP contribution in [0, 0.1) is 13.8 Å². The van der Waals surface area contributed by atoms with E-state index in [1.165, 1.54) is 0 Å². The second-order valence-corrected chi connectivity index (χ2v) is 8.63. The van der Waals surface area contributed by atoms with Crippen LogP contribution >= 0.6 is 0 Å². The maximum atomic E-state index is 13.1. The van der Waals surface area contributed by atoms with Gasteiger partial charge < -0.3 is 14.2 Å². The zero-order chi connectivity index (χ0) is 23.2. The van der Waals surface area contributed by atoms with Gasteiger partial charge in [0.1, 0.15) is 5.58 Å². The van der Waals surface area contributed by atoms with E-state index < -0.39 is 0 Å². The lowest BCUT2D eigenvalue weighted by Crippen LogP contribution is -2.49. The van der Waals surface area contributed by atoms with Crippen molar-refractivity contribution >= 4 is 33.7 Å². The van der Waals surface area contributed by atoms with Gasteiger partial charge in [0.15, 0.2) is 17.4 Å². The largest absolute Gasteiger partial charge is 0.451 e. The van der Waals surface area contributed by atoms with Crippen LogP contribution in [0.15, 0.2) is 65.1 Å². The molecule has 3 aromatic heterocycles. The Bertz CT molecular complexity index is 1490. The highest BCUT2D eigenvalue weighted by molar-refractivity contribution is 5.96. The molecule has 1 saturated heterocycles. The molecule has 0 saturated carbocycles. The summed E-state index contributed by atoms with van der Waals surface area (Å²) in [4.78, 5) is 27.0. The standard InChI is InChI=1S/C26H24N6O2/c1-17-15-18(2)32(29-17)25-24(27-20-8-4-5-9-21(20)28-25)30-11-13-31(14-12-30)26(33)23-16-19-7-3-6-10-22(19)34-23/h3-10,15-16H,11-14H2,1-2H3. The van der Waals surface area contributed by atoms with Crippen LogP contribution in [-0.2, 0) is 0 Å². The molecule has 0 atom stereocenters. The summed E-state index contributed by atoms with van der Waals surface area (Å²) in [5.41, 5.74) is 4.32. The minimum Gasteiger partial charge on any atom is -0.451 e. The third-order valence-electron chi connectivity index (χ3n) is 6.25. The molecule has 1 fully saturated rings. The van der Waals surface area contributed by atoms with Gasteiger partial charge in [0.05, 0.1) is 16.7 Å². The fourth-order valence-corrected chi connectivity index (χ4v) is 4.54. The van der Waals surface area contributed by atoms with Crippen LogP contribution in [0.3, 0.4) is 0 Å². The molecule has 6 rings (SSSR count). The average Bonchev–Trinajstić information content (AvgIpc) is 3.45. The summed E-state index contributed by atoms with van der Waals surface area (Å²) < 4.78 is 7.65. The fraction of sp³-hybridized carbons (Fsp3) is 0.231. The quantitative estimate of drug-likeness (QED) is 0.409. The van der Waals surface area contributed by atoms with Crippen LogP contribution in [0.25, 0.3) is 27.8 Å². The normalized spacial score (nSPS) is 14.3. The molecular weight excluding hydrogens is 428 g/mol. The van der Waals surface area contributed by atoms with E-state index >= 15 is 0 Å². The van der Waals surface area contributed by atoms with Gasteiger partial charge in [0.2, 0.25) is 0 Å². The number of fused-ring (bicyclic) bond motifs is 2. The van der Waals surface area contributed by atoms with Gasteiger partial charge in [-0.1, -0.05) is 30.3 Å². The predicted octanol–water partition coefficient (Wildman–Crippen LogP) is 4.14. The Hall–Kier alpha value is -4.20. The van der Waals surface area contributed by atoms with E-state index in [2.05, 4.69) is 10.00 Å². The van der Waals surface area contributed by atoms with E-state index in [1.54, 1.807) is 0 Å². The predicted molar refractivity (Wildman–Crippen MR) is 130 cm³/mol. The fourth-order valence-electron chi connectivity index (χ4n) is 4.54. The van der Waals surface area contributed by atoms with Crippen molar-refractivity contribution in [2.75, 3.05) is 31.1 Å². The highest BCUT2D eigenvalue weighted by Crippen LogP contribution is 2.27. The summed E-state index contributed by atoms with van der Waals surface area (Å²) in [6.07, 6.45) is 0. The number of amides is 1. The SMILES string of the molecule is Cc1cc(C)n(-c2nc3ccccc3nc2N2CCN(C(=O)c3cc4ccccc4o3)CC2)n1. The first-order chi connectivity index (χ1) is 16.6. The van der Waals surface area contributed by atoms with E-state index in [-0.39, 0.29) is 5.91 Å². The molecule has 1 aliphatic rings. The number of aryl methyl sites for hydroxylation is 2. The van der Waals surface area contributed by atoms with Gasteiger partial charge in [-0.3, -0.25) is 4.79 Å². The Kier molecular flexibility index (Phi) is 4.79. The van der Waals surface area contributed by atoms with Crippen molar-refractivity contribution in [3.8, 4) is 5.82 Å². The van der Waals surface area contributed by atoms with E-state index in [4.69, 9.17) is 14.4 Å². The Morgan fingerprint density at radius 2 is 1.53 bits per heavy atom. The summed E-state index contributed by atoms with van der Waals surface area (Å²) in [7, 11) is 0. The van der Waals surface area contributed by atoms with Gasteiger partial charge in [0.25, 0.3) is 5.91 Å². The minimum atomic E-state index is -0.0841. The molecule has 0 bridgehead atoms. The molecule has 4 heterocycles. The molecule has 8 heteroatoms. The molecule has 0 N–H and O–H groups in total. The number of carbonyl (C=O) groups is 1. The van der Waals surface area contributed by atoms with Gasteiger partial charge in [0, 0.05) is 37.3 Å². The van der Waals surface area contributed by atoms with E-state index in [0.717, 1.165) is 39.2 Å². The minimum absolute atomic E-state index is 0.0841. The topological polar surface area (TPSA) is 80.3 Å². The average molecular weight is 453 g/mol. The molecule has 0 aliphatic carbocycles. The van der Waals surface area contributed by atoms with E-state index in [9.17, 15) is 4.79 Å². The number of hydrogen-bond donors (Lipinski definition) is 0. The van der Waals surface area contributed by atoms with Crippen LogP contribution in [0.1, 0.15) is 21.9 Å². The van der Waals surface area contributed by atoms with Gasteiger partial charge in [-0.25, -0.2) is 14.6 Å². The first kappa shape index (κ1) is 20.4. The molecule has 5 aromatic rings. The zero-order valence-corrected chi connectivity index (χ0v) is 19.1. The van der Waals surface area contributed by atoms with Gasteiger partial charge >= 0.3 is 0 Å². The monoisotopic (exact) mass is 452 g/mol. The van der Waals surface area contributed by atoms with Gasteiger partial charge in [-0.05, 0) is 44.2 Å². The van der Waals surface area contributed by atoms with Crippen LogP contribution < -0.4 is 4.90 Å². The van der Waals surface area contributed by atoms with Crippen molar-refractivity contribution < 1.29 is 9.21 Å². The lowest BCUT2D eigenvalue weighted by molar-refractivity contribution is 0.0717. The van der Waals surface area contributed by atoms with Crippen molar-refractivity contribution in [3.05, 3.63) is 77.8 Å². The number of rotatable bonds is 3. The lowest BCUT2D eigenvalue weighted by Gasteiger charge is -2.35. The second-order valence-electron chi connectivity index (χ2n) is 8.63. The molecule has 0 spiro atoms. The maximum absolute atomic E-state index is 13.1. The Balaban J connectivity index is 1.29. The van der Waals surface area contributed by atoms with Crippen molar-refractivity contribution in [1.29, 1.82) is 0 Å². The number of piperazine rings is 1. The number of anilines is 1. The van der Waals surface area contributed by atoms with Gasteiger partial charge in [-0.15, -0.1) is 0 Å². The number of carbonyl (C=O) groups excluding carboxylic acids is 1. The summed E-state index contributed by atoms with van der Waals surface area (Å²) in [6, 6.07) is 19.4. The lowest BCUT2D eigenvalue weighted by atomic mass is 10.2. The molecule has 34 heavy (non-hydrogen) atoms. The van der Waals surface area contributed by atoms with Crippen molar-refractivity contribution in [2.45, 2.75) is 13.8 Å². The van der Waals surface area contributed by atoms with Crippen LogP contribution in [-0.4, -0.2) is 56.7 Å². The second kappa shape index (κ2) is 7.98. The van der Waals surface area contributed by atoms with Crippen LogP contribution in [0.4, 0.5) is 5.82 Å². The van der Waals surface area contributed by atoms with Crippen LogP contribution in [0.5, 0.6) is 0 Å². The number of furan rings is 1. The number of benzene rings is 2. The summed E-state index contributed by atoms with van der Waals surface area (Å²) in [5.74, 6) is 1.78. The first-order valence-corrected chi connectivity index (χ1v) is 11.4. The summed E-state index contributed by atoms with van der Waals surface area (Å²) in [5, 5.41) is 5.59. The molecule has 0 unspecified atom stereocenters. The molecule has 8 nitrogen and oxygen atoms in total. The third kappa shape index (κ3) is 3.48. The summed E-state index contributed by atoms with van der Waals surface area (Å²) >= 11 is 0. The van der Waals surface area contributed by atoms with Crippen LogP contribution in [0.2, 0.25) is 0 Å². The Morgan fingerprint density at radius 3 is 2.21 bits per heavy atom. The number of para-hydroxylation sites is 3. The molecule has 170 valence electrons. The van der Waals surface area contributed by atoms with Gasteiger partial charge in [-0.2, -0.15) is 5.10 Å². The maximum Gasteiger partial charge on any atom is 0.289 e. The Labute approximate surface area is 196 Å². The molecule has 1 aliphatic heterocycles. The van der Waals surface area contributed by atoms with E-state index in [0.29, 0.717) is 37.8 Å². The number of hydrogen-bond acceptors (Lipinski definition) is 6. The Morgan fingerprint density at radius 1 is 0.853 bits per heavy atom. The van der Waals surface area contributed by atoms with Crippen molar-refractivity contribution in [3.63, 3.8) is 0 Å². The third-order valence-corrected chi connectivity index (χ3v) is 6.25. The number of aromatic nitrogens is 4. The molecular formula is C26H24N6O2. The molecule has 1 amide bonds. The number of nitrogens with zero attached hydrogens (tertiary/aromatic N) is 6. The first-order valence-electron chi connectivity index (χ1n) is 11.4. The highest BCUT2D eigenvalue weighted by atomic mass is 16.3. The zero-order valence-electron chi connectivity index (χ0n) is 19.1.